The average Bonchev–Trinajstić information content (AvgIpc) is 2.29. The van der Waals surface area contributed by atoms with Crippen molar-refractivity contribution in [3.05, 3.63) is 0 Å². The van der Waals surface area contributed by atoms with Crippen LogP contribution >= 0.6 is 0 Å². The van der Waals surface area contributed by atoms with Crippen molar-refractivity contribution in [2.75, 3.05) is 0 Å². The monoisotopic (exact) mass is 181 g/mol. The van der Waals surface area contributed by atoms with Crippen LogP contribution in [0.5, 0.6) is 0 Å². The van der Waals surface area contributed by atoms with E-state index in [9.17, 15) is 9.59 Å². The number of ketones is 1. The zero-order chi connectivity index (χ0) is 9.31. The summed E-state index contributed by atoms with van der Waals surface area (Å²) in [6.07, 6.45) is 6.38. The summed E-state index contributed by atoms with van der Waals surface area (Å²) in [6.45, 7) is 0. The molecule has 1 amide bonds. The molecule has 0 radical (unpaired) electrons. The maximum Gasteiger partial charge on any atom is 0.228 e. The number of carbonyl (C=O) groups excluding carboxylic acids is 2. The van der Waals surface area contributed by atoms with Gasteiger partial charge < -0.3 is 5.32 Å². The first-order valence-corrected chi connectivity index (χ1v) is 5.07. The number of hydrogen-bond donors (Lipinski definition) is 1. The van der Waals surface area contributed by atoms with Crippen LogP contribution in [-0.2, 0) is 9.59 Å². The summed E-state index contributed by atoms with van der Waals surface area (Å²) in [5.74, 6) is 0.0475. The van der Waals surface area contributed by atoms with Gasteiger partial charge in [0.05, 0.1) is 12.0 Å². The van der Waals surface area contributed by atoms with Crippen molar-refractivity contribution in [2.45, 2.75) is 50.5 Å². The van der Waals surface area contributed by atoms with Crippen LogP contribution in [0.3, 0.4) is 0 Å². The first-order valence-electron chi connectivity index (χ1n) is 5.07. The van der Waals surface area contributed by atoms with Crippen LogP contribution in [0.15, 0.2) is 0 Å². The van der Waals surface area contributed by atoms with Crippen molar-refractivity contribution in [3.8, 4) is 0 Å². The molecule has 0 bridgehead atoms. The molecule has 1 heterocycles. The minimum Gasteiger partial charge on any atom is -0.343 e. The molecule has 0 aromatic heterocycles. The molecular formula is C10H15NO2. The number of Topliss-reactive ketones (excluding diaryl/α,β-unsaturated/α-hetero) is 1. The summed E-state index contributed by atoms with van der Waals surface area (Å²) in [4.78, 5) is 22.7. The zero-order valence-corrected chi connectivity index (χ0v) is 7.77. The Balaban J connectivity index is 2.17. The highest BCUT2D eigenvalue weighted by atomic mass is 16.2. The smallest absolute Gasteiger partial charge is 0.228 e. The van der Waals surface area contributed by atoms with E-state index in [1.54, 1.807) is 0 Å². The van der Waals surface area contributed by atoms with Gasteiger partial charge in [-0.05, 0) is 12.8 Å². The molecule has 1 N–H and O–H groups in total. The minimum absolute atomic E-state index is 0.0769. The third kappa shape index (κ3) is 1.47. The molecule has 2 aliphatic rings. The van der Waals surface area contributed by atoms with E-state index in [0.29, 0.717) is 0 Å². The number of hydrogen-bond acceptors (Lipinski definition) is 2. The second-order valence-electron chi connectivity index (χ2n) is 4.14. The maximum atomic E-state index is 11.6. The average molecular weight is 181 g/mol. The molecule has 1 saturated heterocycles. The quantitative estimate of drug-likeness (QED) is 0.570. The van der Waals surface area contributed by atoms with Crippen LogP contribution in [0, 0.1) is 0 Å². The number of carbonyl (C=O) groups is 2. The predicted molar refractivity (Wildman–Crippen MR) is 48.2 cm³/mol. The number of nitrogens with one attached hydrogen (secondary N) is 1. The Bertz CT molecular complexity index is 239. The Morgan fingerprint density at radius 3 is 2.08 bits per heavy atom. The van der Waals surface area contributed by atoms with Gasteiger partial charge in [0.2, 0.25) is 5.91 Å². The Labute approximate surface area is 77.9 Å². The van der Waals surface area contributed by atoms with Gasteiger partial charge in [-0.25, -0.2) is 0 Å². The fraction of sp³-hybridized carbons (Fsp3) is 0.800. The molecule has 1 spiro atoms. The fourth-order valence-corrected chi connectivity index (χ4v) is 2.43. The normalized spacial score (nSPS) is 27.4. The molecule has 0 aromatic rings. The summed E-state index contributed by atoms with van der Waals surface area (Å²) >= 11 is 0. The van der Waals surface area contributed by atoms with Crippen LogP contribution in [0.25, 0.3) is 0 Å². The van der Waals surface area contributed by atoms with Crippen molar-refractivity contribution in [2.24, 2.45) is 0 Å². The lowest BCUT2D eigenvalue weighted by molar-refractivity contribution is -0.123. The molecule has 1 aliphatic carbocycles. The summed E-state index contributed by atoms with van der Waals surface area (Å²) < 4.78 is 0. The van der Waals surface area contributed by atoms with E-state index < -0.39 is 5.54 Å². The Morgan fingerprint density at radius 2 is 1.62 bits per heavy atom. The highest BCUT2D eigenvalue weighted by Gasteiger charge is 2.45. The highest BCUT2D eigenvalue weighted by molar-refractivity contribution is 6.10. The van der Waals surface area contributed by atoms with Crippen molar-refractivity contribution in [3.63, 3.8) is 0 Å². The molecule has 0 unspecified atom stereocenters. The summed E-state index contributed by atoms with van der Waals surface area (Å²) in [5, 5.41) is 2.87. The van der Waals surface area contributed by atoms with Gasteiger partial charge in [-0.15, -0.1) is 0 Å². The van der Waals surface area contributed by atoms with Gasteiger partial charge in [-0.2, -0.15) is 0 Å². The topological polar surface area (TPSA) is 46.2 Å². The molecule has 0 atom stereocenters. The first-order chi connectivity index (χ1) is 6.23. The van der Waals surface area contributed by atoms with Crippen molar-refractivity contribution in [1.29, 1.82) is 0 Å². The zero-order valence-electron chi connectivity index (χ0n) is 7.77. The lowest BCUT2D eigenvalue weighted by Crippen LogP contribution is -2.45. The molecule has 13 heavy (non-hydrogen) atoms. The van der Waals surface area contributed by atoms with E-state index in [2.05, 4.69) is 5.32 Å². The van der Waals surface area contributed by atoms with Gasteiger partial charge >= 0.3 is 0 Å². The summed E-state index contributed by atoms with van der Waals surface area (Å²) in [5.41, 5.74) is -0.451. The summed E-state index contributed by atoms with van der Waals surface area (Å²) in [7, 11) is 0. The van der Waals surface area contributed by atoms with Gasteiger partial charge in [0.1, 0.15) is 0 Å². The van der Waals surface area contributed by atoms with E-state index in [1.165, 1.54) is 12.8 Å². The van der Waals surface area contributed by atoms with Gasteiger partial charge in [0.15, 0.2) is 5.78 Å². The molecule has 1 saturated carbocycles. The van der Waals surface area contributed by atoms with Gasteiger partial charge in [0.25, 0.3) is 0 Å². The highest BCUT2D eigenvalue weighted by Crippen LogP contribution is 2.31. The Kier molecular flexibility index (Phi) is 2.10. The SMILES string of the molecule is O=C1CC(=O)C2(CCCCCC2)N1. The van der Waals surface area contributed by atoms with E-state index in [0.717, 1.165) is 25.7 Å². The molecule has 72 valence electrons. The Morgan fingerprint density at radius 1 is 1.00 bits per heavy atom. The summed E-state index contributed by atoms with van der Waals surface area (Å²) in [6, 6.07) is 0. The molecule has 2 rings (SSSR count). The number of rotatable bonds is 0. The van der Waals surface area contributed by atoms with Crippen LogP contribution in [0.1, 0.15) is 44.9 Å². The molecule has 1 aliphatic heterocycles. The van der Waals surface area contributed by atoms with E-state index in [4.69, 9.17) is 0 Å². The van der Waals surface area contributed by atoms with Crippen molar-refractivity contribution in [1.82, 2.24) is 5.32 Å². The molecule has 3 nitrogen and oxygen atoms in total. The maximum absolute atomic E-state index is 11.6. The molecular weight excluding hydrogens is 166 g/mol. The standard InChI is InChI=1S/C10H15NO2/c12-8-7-9(13)11-10(8)5-3-1-2-4-6-10/h1-7H2,(H,11,13). The third-order valence-corrected chi connectivity index (χ3v) is 3.19. The minimum atomic E-state index is -0.451. The second-order valence-corrected chi connectivity index (χ2v) is 4.14. The van der Waals surface area contributed by atoms with E-state index >= 15 is 0 Å². The van der Waals surface area contributed by atoms with Crippen LogP contribution in [0.4, 0.5) is 0 Å². The van der Waals surface area contributed by atoms with E-state index in [-0.39, 0.29) is 18.1 Å². The van der Waals surface area contributed by atoms with E-state index in [1.807, 2.05) is 0 Å². The first kappa shape index (κ1) is 8.73. The van der Waals surface area contributed by atoms with Gasteiger partial charge in [-0.3, -0.25) is 9.59 Å². The Hall–Kier alpha value is -0.860. The van der Waals surface area contributed by atoms with Crippen molar-refractivity contribution >= 4 is 11.7 Å². The fourth-order valence-electron chi connectivity index (χ4n) is 2.43. The molecule has 3 heteroatoms. The third-order valence-electron chi connectivity index (χ3n) is 3.19. The predicted octanol–water partition coefficient (Wildman–Crippen LogP) is 1.17. The van der Waals surface area contributed by atoms with Gasteiger partial charge in [0, 0.05) is 0 Å². The van der Waals surface area contributed by atoms with Crippen LogP contribution < -0.4 is 5.32 Å². The molecule has 2 fully saturated rings. The largest absolute Gasteiger partial charge is 0.343 e. The van der Waals surface area contributed by atoms with Crippen LogP contribution in [-0.4, -0.2) is 17.2 Å². The molecule has 0 aromatic carbocycles. The van der Waals surface area contributed by atoms with Gasteiger partial charge in [-0.1, -0.05) is 25.7 Å². The lowest BCUT2D eigenvalue weighted by Gasteiger charge is -2.25. The number of amides is 1. The van der Waals surface area contributed by atoms with Crippen molar-refractivity contribution < 1.29 is 9.59 Å². The second kappa shape index (κ2) is 3.13. The van der Waals surface area contributed by atoms with Crippen LogP contribution in [0.2, 0.25) is 0 Å². The lowest BCUT2D eigenvalue weighted by atomic mass is 9.88.